The molecule has 1 fully saturated rings. The van der Waals surface area contributed by atoms with Gasteiger partial charge in [-0.3, -0.25) is 14.5 Å². The zero-order chi connectivity index (χ0) is 15.4. The molecule has 0 aliphatic carbocycles. The Morgan fingerprint density at radius 3 is 3.00 bits per heavy atom. The highest BCUT2D eigenvalue weighted by Crippen LogP contribution is 2.20. The third-order valence-electron chi connectivity index (χ3n) is 3.83. The van der Waals surface area contributed by atoms with Crippen LogP contribution in [0.3, 0.4) is 0 Å². The zero-order valence-electron chi connectivity index (χ0n) is 12.2. The van der Waals surface area contributed by atoms with Crippen LogP contribution in [-0.4, -0.2) is 36.2 Å². The quantitative estimate of drug-likeness (QED) is 0.655. The van der Waals surface area contributed by atoms with Crippen molar-refractivity contribution in [2.75, 3.05) is 19.6 Å². The smallest absolute Gasteiger partial charge is 0.295 e. The van der Waals surface area contributed by atoms with Crippen molar-refractivity contribution < 1.29 is 14.0 Å². The SMILES string of the molecule is O=C(NCC1CCN(Cc2cccs2)C1)C(=O)c1ccco1. The Balaban J connectivity index is 1.43. The fourth-order valence-corrected chi connectivity index (χ4v) is 3.43. The first kappa shape index (κ1) is 15.0. The predicted molar refractivity (Wildman–Crippen MR) is 83.8 cm³/mol. The summed E-state index contributed by atoms with van der Waals surface area (Å²) in [4.78, 5) is 27.3. The highest BCUT2D eigenvalue weighted by atomic mass is 32.1. The maximum atomic E-state index is 11.8. The van der Waals surface area contributed by atoms with E-state index in [1.54, 1.807) is 17.4 Å². The molecule has 5 nitrogen and oxygen atoms in total. The lowest BCUT2D eigenvalue weighted by molar-refractivity contribution is -0.117. The molecule has 3 heterocycles. The number of ketones is 1. The molecule has 0 aromatic carbocycles. The number of likely N-dealkylation sites (tertiary alicyclic amines) is 1. The molecule has 1 unspecified atom stereocenters. The van der Waals surface area contributed by atoms with Crippen LogP contribution in [0.5, 0.6) is 0 Å². The molecule has 2 aromatic heterocycles. The first-order chi connectivity index (χ1) is 10.7. The minimum Gasteiger partial charge on any atom is -0.461 e. The van der Waals surface area contributed by atoms with E-state index in [1.807, 2.05) is 0 Å². The fraction of sp³-hybridized carbons (Fsp3) is 0.375. The number of hydrogen-bond donors (Lipinski definition) is 1. The number of furan rings is 1. The molecule has 6 heteroatoms. The van der Waals surface area contributed by atoms with Gasteiger partial charge in [0, 0.05) is 24.5 Å². The van der Waals surface area contributed by atoms with Gasteiger partial charge in [-0.2, -0.15) is 0 Å². The lowest BCUT2D eigenvalue weighted by atomic mass is 10.1. The van der Waals surface area contributed by atoms with Gasteiger partial charge < -0.3 is 9.73 Å². The van der Waals surface area contributed by atoms with Gasteiger partial charge >= 0.3 is 0 Å². The Morgan fingerprint density at radius 2 is 2.27 bits per heavy atom. The Morgan fingerprint density at radius 1 is 1.36 bits per heavy atom. The van der Waals surface area contributed by atoms with Crippen molar-refractivity contribution in [3.8, 4) is 0 Å². The topological polar surface area (TPSA) is 62.6 Å². The van der Waals surface area contributed by atoms with E-state index in [2.05, 4.69) is 27.7 Å². The van der Waals surface area contributed by atoms with Gasteiger partial charge in [-0.25, -0.2) is 0 Å². The second kappa shape index (κ2) is 6.89. The molecule has 0 spiro atoms. The third-order valence-corrected chi connectivity index (χ3v) is 4.69. The van der Waals surface area contributed by atoms with Crippen LogP contribution in [0.2, 0.25) is 0 Å². The normalized spacial score (nSPS) is 18.5. The second-order valence-electron chi connectivity index (χ2n) is 5.49. The van der Waals surface area contributed by atoms with Crippen molar-refractivity contribution in [2.24, 2.45) is 5.92 Å². The van der Waals surface area contributed by atoms with E-state index in [0.717, 1.165) is 26.1 Å². The Hall–Kier alpha value is -1.92. The molecule has 1 aliphatic heterocycles. The van der Waals surface area contributed by atoms with Gasteiger partial charge in [-0.15, -0.1) is 11.3 Å². The standard InChI is InChI=1S/C16H18N2O3S/c19-15(14-4-1-7-21-14)16(20)17-9-12-5-6-18(10-12)11-13-3-2-8-22-13/h1-4,7-8,12H,5-6,9-11H2,(H,17,20). The summed E-state index contributed by atoms with van der Waals surface area (Å²) in [6.07, 6.45) is 2.43. The third kappa shape index (κ3) is 3.64. The van der Waals surface area contributed by atoms with Crippen LogP contribution in [0.1, 0.15) is 21.9 Å². The molecular formula is C16H18N2O3S. The number of hydrogen-bond acceptors (Lipinski definition) is 5. The van der Waals surface area contributed by atoms with E-state index in [1.165, 1.54) is 17.2 Å². The van der Waals surface area contributed by atoms with Crippen LogP contribution in [0.15, 0.2) is 40.3 Å². The van der Waals surface area contributed by atoms with Crippen LogP contribution < -0.4 is 5.32 Å². The van der Waals surface area contributed by atoms with Crippen molar-refractivity contribution >= 4 is 23.0 Å². The average Bonchev–Trinajstić information content (AvgIpc) is 3.27. The molecule has 1 amide bonds. The Bertz CT molecular complexity index is 622. The second-order valence-corrected chi connectivity index (χ2v) is 6.52. The number of Topliss-reactive ketones (excluding diaryl/α,β-unsaturated/α-hetero) is 1. The summed E-state index contributed by atoms with van der Waals surface area (Å²) in [7, 11) is 0. The Labute approximate surface area is 132 Å². The monoisotopic (exact) mass is 318 g/mol. The molecule has 1 atom stereocenters. The number of nitrogens with one attached hydrogen (secondary N) is 1. The summed E-state index contributed by atoms with van der Waals surface area (Å²) in [5.41, 5.74) is 0. The van der Waals surface area contributed by atoms with Gasteiger partial charge in [0.25, 0.3) is 11.7 Å². The zero-order valence-corrected chi connectivity index (χ0v) is 13.0. The lowest BCUT2D eigenvalue weighted by Crippen LogP contribution is -2.35. The van der Waals surface area contributed by atoms with Crippen molar-refractivity contribution in [3.63, 3.8) is 0 Å². The van der Waals surface area contributed by atoms with Gasteiger partial charge in [0.05, 0.1) is 6.26 Å². The molecule has 1 aliphatic rings. The van der Waals surface area contributed by atoms with Crippen molar-refractivity contribution in [2.45, 2.75) is 13.0 Å². The van der Waals surface area contributed by atoms with Crippen LogP contribution in [-0.2, 0) is 11.3 Å². The van der Waals surface area contributed by atoms with Crippen LogP contribution in [0.25, 0.3) is 0 Å². The summed E-state index contributed by atoms with van der Waals surface area (Å²) < 4.78 is 4.95. The number of amides is 1. The molecule has 0 bridgehead atoms. The summed E-state index contributed by atoms with van der Waals surface area (Å²) in [5.74, 6) is -0.721. The molecule has 0 saturated carbocycles. The molecule has 1 saturated heterocycles. The highest BCUT2D eigenvalue weighted by Gasteiger charge is 2.25. The Kier molecular flexibility index (Phi) is 4.70. The highest BCUT2D eigenvalue weighted by molar-refractivity contribution is 7.09. The van der Waals surface area contributed by atoms with Crippen molar-refractivity contribution in [1.29, 1.82) is 0 Å². The summed E-state index contributed by atoms with van der Waals surface area (Å²) in [6, 6.07) is 7.30. The molecule has 2 aromatic rings. The van der Waals surface area contributed by atoms with E-state index in [-0.39, 0.29) is 5.76 Å². The summed E-state index contributed by atoms with van der Waals surface area (Å²) in [6.45, 7) is 3.48. The first-order valence-electron chi connectivity index (χ1n) is 7.33. The average molecular weight is 318 g/mol. The van der Waals surface area contributed by atoms with Crippen LogP contribution >= 0.6 is 11.3 Å². The minimum atomic E-state index is -0.613. The maximum absolute atomic E-state index is 11.8. The number of rotatable bonds is 6. The van der Waals surface area contributed by atoms with E-state index in [9.17, 15) is 9.59 Å². The summed E-state index contributed by atoms with van der Waals surface area (Å²) >= 11 is 1.77. The van der Waals surface area contributed by atoms with Gasteiger partial charge in [0.1, 0.15) is 0 Å². The van der Waals surface area contributed by atoms with Gasteiger partial charge in [0.2, 0.25) is 0 Å². The van der Waals surface area contributed by atoms with E-state index in [4.69, 9.17) is 4.42 Å². The number of carbonyl (C=O) groups excluding carboxylic acids is 2. The minimum absolute atomic E-state index is 0.0863. The molecule has 0 radical (unpaired) electrons. The fourth-order valence-electron chi connectivity index (χ4n) is 2.68. The molecule has 116 valence electrons. The van der Waals surface area contributed by atoms with E-state index in [0.29, 0.717) is 12.5 Å². The number of carbonyl (C=O) groups is 2. The largest absolute Gasteiger partial charge is 0.461 e. The van der Waals surface area contributed by atoms with Crippen molar-refractivity contribution in [1.82, 2.24) is 10.2 Å². The van der Waals surface area contributed by atoms with Crippen LogP contribution in [0.4, 0.5) is 0 Å². The first-order valence-corrected chi connectivity index (χ1v) is 8.21. The number of nitrogens with zero attached hydrogens (tertiary/aromatic N) is 1. The van der Waals surface area contributed by atoms with Gasteiger partial charge in [-0.05, 0) is 42.5 Å². The van der Waals surface area contributed by atoms with Crippen LogP contribution in [0, 0.1) is 5.92 Å². The number of thiophene rings is 1. The molecule has 22 heavy (non-hydrogen) atoms. The van der Waals surface area contributed by atoms with Gasteiger partial charge in [-0.1, -0.05) is 6.07 Å². The molecular weight excluding hydrogens is 300 g/mol. The lowest BCUT2D eigenvalue weighted by Gasteiger charge is -2.15. The van der Waals surface area contributed by atoms with E-state index < -0.39 is 11.7 Å². The van der Waals surface area contributed by atoms with Gasteiger partial charge in [0.15, 0.2) is 5.76 Å². The molecule has 3 rings (SSSR count). The maximum Gasteiger partial charge on any atom is 0.295 e. The molecule has 1 N–H and O–H groups in total. The van der Waals surface area contributed by atoms with E-state index >= 15 is 0 Å². The summed E-state index contributed by atoms with van der Waals surface area (Å²) in [5, 5.41) is 4.81. The van der Waals surface area contributed by atoms with Crippen molar-refractivity contribution in [3.05, 3.63) is 46.5 Å². The predicted octanol–water partition coefficient (Wildman–Crippen LogP) is 2.16.